The fraction of sp³-hybridized carbons (Fsp3) is 0.238. The maximum Gasteiger partial charge on any atom is 0.335 e. The van der Waals surface area contributed by atoms with Crippen molar-refractivity contribution in [3.63, 3.8) is 0 Å². The highest BCUT2D eigenvalue weighted by Crippen LogP contribution is 2.49. The lowest BCUT2D eigenvalue weighted by molar-refractivity contribution is -0.149. The van der Waals surface area contributed by atoms with Crippen LogP contribution in [0.2, 0.25) is 0 Å². The molecule has 0 unspecified atom stereocenters. The van der Waals surface area contributed by atoms with Crippen molar-refractivity contribution in [3.8, 4) is 0 Å². The number of aliphatic carboxylic acids is 2. The minimum atomic E-state index is -1.88. The summed E-state index contributed by atoms with van der Waals surface area (Å²) in [5.74, 6) is -4.92. The third-order valence-corrected chi connectivity index (χ3v) is 5.06. The van der Waals surface area contributed by atoms with Gasteiger partial charge in [-0.1, -0.05) is 38.1 Å². The molecule has 0 aliphatic rings. The van der Waals surface area contributed by atoms with Crippen LogP contribution in [0.15, 0.2) is 48.5 Å². The average Bonchev–Trinajstić information content (AvgIpc) is 2.61. The molecule has 0 atom stereocenters. The van der Waals surface area contributed by atoms with E-state index in [1.54, 1.807) is 0 Å². The average molecular weight is 400 g/mol. The first-order chi connectivity index (χ1) is 13.4. The lowest BCUT2D eigenvalue weighted by Gasteiger charge is -2.43. The van der Waals surface area contributed by atoms with Crippen LogP contribution in [0.5, 0.6) is 0 Å². The van der Waals surface area contributed by atoms with Gasteiger partial charge in [-0.15, -0.1) is 0 Å². The van der Waals surface area contributed by atoms with Crippen molar-refractivity contribution in [2.75, 3.05) is 0 Å². The Kier molecular flexibility index (Phi) is 5.77. The Labute approximate surface area is 166 Å². The van der Waals surface area contributed by atoms with Crippen LogP contribution in [-0.4, -0.2) is 44.3 Å². The Balaban J connectivity index is 2.84. The fourth-order valence-corrected chi connectivity index (χ4v) is 3.72. The number of carbonyl (C=O) groups is 4. The summed E-state index contributed by atoms with van der Waals surface area (Å²) in [7, 11) is 0. The Morgan fingerprint density at radius 1 is 0.690 bits per heavy atom. The topological polar surface area (TPSA) is 149 Å². The molecule has 0 spiro atoms. The van der Waals surface area contributed by atoms with Gasteiger partial charge in [-0.2, -0.15) is 0 Å². The van der Waals surface area contributed by atoms with Crippen LogP contribution in [0.25, 0.3) is 0 Å². The van der Waals surface area contributed by atoms with E-state index < -0.39 is 41.1 Å². The molecule has 0 saturated carbocycles. The van der Waals surface area contributed by atoms with Crippen LogP contribution in [0.3, 0.4) is 0 Å². The Morgan fingerprint density at radius 2 is 1.03 bits per heavy atom. The van der Waals surface area contributed by atoms with Gasteiger partial charge in [0, 0.05) is 0 Å². The smallest absolute Gasteiger partial charge is 0.335 e. The largest absolute Gasteiger partial charge is 0.481 e. The molecule has 152 valence electrons. The van der Waals surface area contributed by atoms with Gasteiger partial charge in [0.15, 0.2) is 0 Å². The second kappa shape index (κ2) is 7.75. The van der Waals surface area contributed by atoms with Gasteiger partial charge in [0.05, 0.1) is 17.5 Å². The summed E-state index contributed by atoms with van der Waals surface area (Å²) >= 11 is 0. The summed E-state index contributed by atoms with van der Waals surface area (Å²) in [5.41, 5.74) is -2.97. The normalized spacial score (nSPS) is 11.7. The van der Waals surface area contributed by atoms with Crippen molar-refractivity contribution >= 4 is 23.9 Å². The summed E-state index contributed by atoms with van der Waals surface area (Å²) in [6, 6.07) is 10.3. The monoisotopic (exact) mass is 400 g/mol. The molecule has 4 N–H and O–H groups in total. The number of hydrogen-bond acceptors (Lipinski definition) is 4. The molecule has 0 aromatic heterocycles. The minimum absolute atomic E-state index is 0.0506. The SMILES string of the molecule is CC(C)(CC(=O)O)C(C(=O)O)(c1ccc(C(=O)O)cc1)c1ccc(C(=O)O)cc1. The van der Waals surface area contributed by atoms with Gasteiger partial charge in [0.25, 0.3) is 0 Å². The molecule has 8 heteroatoms. The predicted octanol–water partition coefficient (Wildman–Crippen LogP) is 2.95. The van der Waals surface area contributed by atoms with E-state index in [2.05, 4.69) is 0 Å². The highest BCUT2D eigenvalue weighted by molar-refractivity contribution is 5.91. The number of carboxylic acids is 4. The zero-order valence-corrected chi connectivity index (χ0v) is 15.7. The fourth-order valence-electron chi connectivity index (χ4n) is 3.72. The highest BCUT2D eigenvalue weighted by atomic mass is 16.4. The van der Waals surface area contributed by atoms with E-state index in [9.17, 15) is 29.4 Å². The van der Waals surface area contributed by atoms with Crippen LogP contribution >= 0.6 is 0 Å². The second-order valence-electron chi connectivity index (χ2n) is 7.27. The summed E-state index contributed by atoms with van der Waals surface area (Å²) in [4.78, 5) is 46.5. The van der Waals surface area contributed by atoms with Crippen LogP contribution < -0.4 is 0 Å². The molecule has 0 amide bonds. The molecule has 8 nitrogen and oxygen atoms in total. The first-order valence-electron chi connectivity index (χ1n) is 8.56. The quantitative estimate of drug-likeness (QED) is 0.528. The number of carboxylic acid groups (broad SMARTS) is 4. The van der Waals surface area contributed by atoms with E-state index in [0.717, 1.165) is 0 Å². The van der Waals surface area contributed by atoms with Crippen molar-refractivity contribution in [2.24, 2.45) is 5.41 Å². The summed E-state index contributed by atoms with van der Waals surface area (Å²) in [6.45, 7) is 2.98. The molecular formula is C21H20O8. The number of benzene rings is 2. The number of hydrogen-bond donors (Lipinski definition) is 4. The van der Waals surface area contributed by atoms with E-state index in [4.69, 9.17) is 10.2 Å². The Hall–Kier alpha value is -3.68. The first kappa shape index (κ1) is 21.6. The van der Waals surface area contributed by atoms with Gasteiger partial charge in [-0.05, 0) is 40.8 Å². The van der Waals surface area contributed by atoms with E-state index in [0.29, 0.717) is 0 Å². The van der Waals surface area contributed by atoms with Gasteiger partial charge in [-0.25, -0.2) is 9.59 Å². The molecule has 2 rings (SSSR count). The number of rotatable bonds is 8. The zero-order valence-electron chi connectivity index (χ0n) is 15.7. The summed E-state index contributed by atoms with van der Waals surface area (Å²) in [6.07, 6.45) is -0.499. The van der Waals surface area contributed by atoms with Crippen LogP contribution in [0.1, 0.15) is 52.1 Å². The van der Waals surface area contributed by atoms with Crippen LogP contribution in [-0.2, 0) is 15.0 Å². The maximum absolute atomic E-state index is 12.7. The molecule has 0 aliphatic carbocycles. The molecule has 0 heterocycles. The molecule has 0 radical (unpaired) electrons. The number of aromatic carboxylic acids is 2. The van der Waals surface area contributed by atoms with Gasteiger partial charge in [0.2, 0.25) is 0 Å². The molecule has 0 aliphatic heterocycles. The lowest BCUT2D eigenvalue weighted by Crippen LogP contribution is -2.50. The third kappa shape index (κ3) is 3.82. The maximum atomic E-state index is 12.7. The molecular weight excluding hydrogens is 380 g/mol. The van der Waals surface area contributed by atoms with Crippen LogP contribution in [0.4, 0.5) is 0 Å². The van der Waals surface area contributed by atoms with Crippen molar-refractivity contribution in [1.82, 2.24) is 0 Å². The van der Waals surface area contributed by atoms with Gasteiger partial charge < -0.3 is 20.4 Å². The van der Waals surface area contributed by atoms with E-state index in [1.807, 2.05) is 0 Å². The van der Waals surface area contributed by atoms with Crippen molar-refractivity contribution in [3.05, 3.63) is 70.8 Å². The zero-order chi connectivity index (χ0) is 22.0. The first-order valence-corrected chi connectivity index (χ1v) is 8.56. The van der Waals surface area contributed by atoms with E-state index in [-0.39, 0.29) is 22.3 Å². The molecule has 2 aromatic carbocycles. The van der Waals surface area contributed by atoms with Crippen molar-refractivity contribution in [2.45, 2.75) is 25.7 Å². The Morgan fingerprint density at radius 3 is 1.28 bits per heavy atom. The molecule has 0 saturated heterocycles. The van der Waals surface area contributed by atoms with Crippen molar-refractivity contribution in [1.29, 1.82) is 0 Å². The lowest BCUT2D eigenvalue weighted by atomic mass is 9.57. The van der Waals surface area contributed by atoms with Gasteiger partial charge in [-0.3, -0.25) is 9.59 Å². The molecule has 0 fully saturated rings. The van der Waals surface area contributed by atoms with Gasteiger partial charge >= 0.3 is 23.9 Å². The van der Waals surface area contributed by atoms with Gasteiger partial charge in [0.1, 0.15) is 5.41 Å². The Bertz CT molecular complexity index is 898. The van der Waals surface area contributed by atoms with E-state index >= 15 is 0 Å². The third-order valence-electron chi connectivity index (χ3n) is 5.06. The van der Waals surface area contributed by atoms with Crippen LogP contribution in [0, 0.1) is 5.41 Å². The molecule has 0 bridgehead atoms. The summed E-state index contributed by atoms with van der Waals surface area (Å²) < 4.78 is 0. The van der Waals surface area contributed by atoms with Crippen molar-refractivity contribution < 1.29 is 39.6 Å². The standard InChI is InChI=1S/C21H20O8/c1-20(2,11-16(22)23)21(19(28)29,14-7-3-12(4-8-14)17(24)25)15-9-5-13(6-10-15)18(26)27/h3-10H,11H2,1-2H3,(H,22,23)(H,24,25)(H,26,27)(H,28,29). The summed E-state index contributed by atoms with van der Waals surface area (Å²) in [5, 5.41) is 37.9. The van der Waals surface area contributed by atoms with E-state index in [1.165, 1.54) is 62.4 Å². The molecule has 29 heavy (non-hydrogen) atoms. The highest BCUT2D eigenvalue weighted by Gasteiger charge is 2.55. The predicted molar refractivity (Wildman–Crippen MR) is 101 cm³/mol. The minimum Gasteiger partial charge on any atom is -0.481 e. The second-order valence-corrected chi connectivity index (χ2v) is 7.27. The molecule has 2 aromatic rings.